The van der Waals surface area contributed by atoms with Crippen LogP contribution in [0.4, 0.5) is 0 Å². The highest BCUT2D eigenvalue weighted by Crippen LogP contribution is 2.20. The Morgan fingerprint density at radius 2 is 1.71 bits per heavy atom. The van der Waals surface area contributed by atoms with Gasteiger partial charge in [-0.1, -0.05) is 48.5 Å². The second-order valence-corrected chi connectivity index (χ2v) is 4.56. The molecule has 1 N–H and O–H groups in total. The van der Waals surface area contributed by atoms with E-state index in [-0.39, 0.29) is 5.97 Å². The maximum Gasteiger partial charge on any atom is 0.327 e. The summed E-state index contributed by atoms with van der Waals surface area (Å²) in [4.78, 5) is 12.0. The first-order valence-corrected chi connectivity index (χ1v) is 6.74. The molecule has 21 heavy (non-hydrogen) atoms. The third-order valence-corrected chi connectivity index (χ3v) is 3.26. The molecule has 2 rings (SSSR count). The third-order valence-electron chi connectivity index (χ3n) is 3.26. The van der Waals surface area contributed by atoms with E-state index in [4.69, 9.17) is 9.47 Å². The first-order chi connectivity index (χ1) is 10.3. The van der Waals surface area contributed by atoms with Crippen LogP contribution in [0.5, 0.6) is 5.75 Å². The Kier molecular flexibility index (Phi) is 5.35. The Bertz CT molecular complexity index is 584. The van der Waals surface area contributed by atoms with Gasteiger partial charge < -0.3 is 9.47 Å². The Balaban J connectivity index is 2.15. The van der Waals surface area contributed by atoms with Crippen molar-refractivity contribution in [3.05, 3.63) is 65.7 Å². The van der Waals surface area contributed by atoms with Gasteiger partial charge in [0.05, 0.1) is 14.2 Å². The molecule has 4 nitrogen and oxygen atoms in total. The van der Waals surface area contributed by atoms with Gasteiger partial charge in [-0.25, -0.2) is 4.79 Å². The van der Waals surface area contributed by atoms with E-state index in [9.17, 15) is 4.79 Å². The largest absolute Gasteiger partial charge is 0.496 e. The summed E-state index contributed by atoms with van der Waals surface area (Å²) in [5, 5.41) is 3.22. The van der Waals surface area contributed by atoms with Crippen LogP contribution in [-0.2, 0) is 16.1 Å². The summed E-state index contributed by atoms with van der Waals surface area (Å²) in [6.07, 6.45) is 0. The summed E-state index contributed by atoms with van der Waals surface area (Å²) in [7, 11) is 3.02. The average Bonchev–Trinajstić information content (AvgIpc) is 2.56. The van der Waals surface area contributed by atoms with E-state index in [1.807, 2.05) is 54.6 Å². The van der Waals surface area contributed by atoms with E-state index in [1.54, 1.807) is 7.11 Å². The van der Waals surface area contributed by atoms with Crippen LogP contribution in [0.15, 0.2) is 54.6 Å². The molecule has 0 amide bonds. The lowest BCUT2D eigenvalue weighted by Gasteiger charge is -2.17. The molecule has 110 valence electrons. The number of methoxy groups -OCH3 is 2. The zero-order valence-electron chi connectivity index (χ0n) is 12.2. The standard InChI is InChI=1S/C17H19NO3/c1-20-15-11-7-6-10-14(15)12-18-16(17(19)21-2)13-8-4-3-5-9-13/h3-11,16,18H,12H2,1-2H3. The van der Waals surface area contributed by atoms with Gasteiger partial charge in [0.15, 0.2) is 0 Å². The van der Waals surface area contributed by atoms with Gasteiger partial charge in [-0.3, -0.25) is 5.32 Å². The number of esters is 1. The molecule has 0 saturated heterocycles. The highest BCUT2D eigenvalue weighted by atomic mass is 16.5. The molecule has 1 atom stereocenters. The minimum absolute atomic E-state index is 0.309. The maximum absolute atomic E-state index is 12.0. The second-order valence-electron chi connectivity index (χ2n) is 4.56. The van der Waals surface area contributed by atoms with Gasteiger partial charge in [0.2, 0.25) is 0 Å². The highest BCUT2D eigenvalue weighted by molar-refractivity contribution is 5.77. The molecular weight excluding hydrogens is 266 g/mol. The number of hydrogen-bond acceptors (Lipinski definition) is 4. The quantitative estimate of drug-likeness (QED) is 0.829. The first-order valence-electron chi connectivity index (χ1n) is 6.74. The molecular formula is C17H19NO3. The fourth-order valence-corrected chi connectivity index (χ4v) is 2.16. The van der Waals surface area contributed by atoms with Gasteiger partial charge >= 0.3 is 5.97 Å². The molecule has 0 aliphatic heterocycles. The number of para-hydroxylation sites is 1. The van der Waals surface area contributed by atoms with E-state index >= 15 is 0 Å². The van der Waals surface area contributed by atoms with Crippen molar-refractivity contribution in [3.63, 3.8) is 0 Å². The predicted molar refractivity (Wildman–Crippen MR) is 81.0 cm³/mol. The molecule has 0 heterocycles. The Hall–Kier alpha value is -2.33. The van der Waals surface area contributed by atoms with Crippen molar-refractivity contribution in [2.45, 2.75) is 12.6 Å². The lowest BCUT2D eigenvalue weighted by molar-refractivity contribution is -0.143. The molecule has 0 spiro atoms. The number of benzene rings is 2. The number of carbonyl (C=O) groups is 1. The summed E-state index contributed by atoms with van der Waals surface area (Å²) < 4.78 is 10.2. The van der Waals surface area contributed by atoms with E-state index in [1.165, 1.54) is 7.11 Å². The first kappa shape index (κ1) is 15.1. The van der Waals surface area contributed by atoms with Crippen molar-refractivity contribution in [1.82, 2.24) is 5.32 Å². The molecule has 2 aromatic carbocycles. The van der Waals surface area contributed by atoms with Crippen LogP contribution in [0.2, 0.25) is 0 Å². The zero-order chi connectivity index (χ0) is 15.1. The topological polar surface area (TPSA) is 47.6 Å². The van der Waals surface area contributed by atoms with Gasteiger partial charge in [-0.05, 0) is 11.6 Å². The van der Waals surface area contributed by atoms with Crippen LogP contribution < -0.4 is 10.1 Å². The number of ether oxygens (including phenoxy) is 2. The number of carbonyl (C=O) groups excluding carboxylic acids is 1. The summed E-state index contributed by atoms with van der Waals surface area (Å²) in [5.41, 5.74) is 1.86. The molecule has 0 aliphatic rings. The average molecular weight is 285 g/mol. The van der Waals surface area contributed by atoms with E-state index in [0.29, 0.717) is 6.54 Å². The van der Waals surface area contributed by atoms with Crippen LogP contribution in [0.25, 0.3) is 0 Å². The minimum Gasteiger partial charge on any atom is -0.496 e. The summed E-state index contributed by atoms with van der Waals surface area (Å²) >= 11 is 0. The van der Waals surface area contributed by atoms with E-state index in [2.05, 4.69) is 5.32 Å². The third kappa shape index (κ3) is 3.83. The number of rotatable bonds is 6. The smallest absolute Gasteiger partial charge is 0.327 e. The van der Waals surface area contributed by atoms with Crippen LogP contribution in [0, 0.1) is 0 Å². The van der Waals surface area contributed by atoms with Crippen molar-refractivity contribution in [3.8, 4) is 5.75 Å². The molecule has 0 aliphatic carbocycles. The van der Waals surface area contributed by atoms with E-state index < -0.39 is 6.04 Å². The van der Waals surface area contributed by atoms with Gasteiger partial charge in [0.1, 0.15) is 11.8 Å². The van der Waals surface area contributed by atoms with Crippen molar-refractivity contribution in [2.75, 3.05) is 14.2 Å². The zero-order valence-corrected chi connectivity index (χ0v) is 12.2. The van der Waals surface area contributed by atoms with Crippen LogP contribution >= 0.6 is 0 Å². The molecule has 0 fully saturated rings. The molecule has 0 radical (unpaired) electrons. The van der Waals surface area contributed by atoms with Crippen LogP contribution in [0.1, 0.15) is 17.2 Å². The predicted octanol–water partition coefficient (Wildman–Crippen LogP) is 2.70. The van der Waals surface area contributed by atoms with Crippen molar-refractivity contribution < 1.29 is 14.3 Å². The van der Waals surface area contributed by atoms with Gasteiger partial charge in [-0.2, -0.15) is 0 Å². The Morgan fingerprint density at radius 3 is 2.38 bits per heavy atom. The molecule has 1 unspecified atom stereocenters. The molecule has 0 saturated carbocycles. The van der Waals surface area contributed by atoms with Gasteiger partial charge in [-0.15, -0.1) is 0 Å². The summed E-state index contributed by atoms with van der Waals surface area (Å²) in [5.74, 6) is 0.484. The van der Waals surface area contributed by atoms with Crippen molar-refractivity contribution in [2.24, 2.45) is 0 Å². The van der Waals surface area contributed by atoms with E-state index in [0.717, 1.165) is 16.9 Å². The Morgan fingerprint density at radius 1 is 1.05 bits per heavy atom. The SMILES string of the molecule is COC(=O)C(NCc1ccccc1OC)c1ccccc1. The lowest BCUT2D eigenvalue weighted by Crippen LogP contribution is -2.29. The number of nitrogens with one attached hydrogen (secondary N) is 1. The monoisotopic (exact) mass is 285 g/mol. The second kappa shape index (κ2) is 7.45. The number of hydrogen-bond donors (Lipinski definition) is 1. The summed E-state index contributed by atoms with van der Waals surface area (Å²) in [6.45, 7) is 0.513. The normalized spacial score (nSPS) is 11.7. The lowest BCUT2D eigenvalue weighted by atomic mass is 10.1. The van der Waals surface area contributed by atoms with Crippen molar-refractivity contribution in [1.29, 1.82) is 0 Å². The maximum atomic E-state index is 12.0. The fourth-order valence-electron chi connectivity index (χ4n) is 2.16. The molecule has 2 aromatic rings. The molecule has 0 bridgehead atoms. The highest BCUT2D eigenvalue weighted by Gasteiger charge is 2.20. The fraction of sp³-hybridized carbons (Fsp3) is 0.235. The minimum atomic E-state index is -0.499. The molecule has 0 aromatic heterocycles. The van der Waals surface area contributed by atoms with Crippen molar-refractivity contribution >= 4 is 5.97 Å². The van der Waals surface area contributed by atoms with Gasteiger partial charge in [0.25, 0.3) is 0 Å². The molecule has 4 heteroatoms. The van der Waals surface area contributed by atoms with Crippen LogP contribution in [-0.4, -0.2) is 20.2 Å². The van der Waals surface area contributed by atoms with Gasteiger partial charge in [0, 0.05) is 12.1 Å². The van der Waals surface area contributed by atoms with Crippen LogP contribution in [0.3, 0.4) is 0 Å². The summed E-state index contributed by atoms with van der Waals surface area (Å²) in [6, 6.07) is 16.7. The Labute approximate surface area is 124 Å².